The molecule has 4 aromatic rings. The van der Waals surface area contributed by atoms with Gasteiger partial charge in [-0.15, -0.1) is 0 Å². The summed E-state index contributed by atoms with van der Waals surface area (Å²) in [5, 5.41) is 26.8. The Morgan fingerprint density at radius 2 is 1.05 bits per heavy atom. The molecule has 6 amide bonds. The van der Waals surface area contributed by atoms with Crippen LogP contribution in [0.5, 0.6) is 23.0 Å². The van der Waals surface area contributed by atoms with Crippen LogP contribution >= 0.6 is 23.5 Å². The van der Waals surface area contributed by atoms with Gasteiger partial charge >= 0.3 is 11.9 Å². The molecule has 0 bridgehead atoms. The molecular weight excluding hydrogens is 869 g/mol. The number of carboxylic acid groups (broad SMARTS) is 2. The average Bonchev–Trinajstić information content (AvgIpc) is 3.75. The van der Waals surface area contributed by atoms with Gasteiger partial charge in [0.15, 0.2) is 0 Å². The van der Waals surface area contributed by atoms with Crippen molar-refractivity contribution in [1.29, 1.82) is 0 Å². The van der Waals surface area contributed by atoms with E-state index in [0.29, 0.717) is 45.5 Å². The van der Waals surface area contributed by atoms with Gasteiger partial charge in [-0.25, -0.2) is 9.59 Å². The standard InChI is InChI=1S/C22H23N3O6S.C22H21N3O6S/c2*1-12(23)19(26)24-17(21(28)29)10-13-2-6-15(7-3-13)31-16-8-4-14(5-9-16)11-18-20(27)25-22(30)32-18/h2-9,12,17-18H,10-11,23H2,1H3,(H,24,26)(H,28,29)(H,25,27,30);2-9,11-12,17H,10,23H2,1H3,(H,24,26)(H,28,29)(H,25,27,30). The maximum Gasteiger partial charge on any atom is 0.326 e. The van der Waals surface area contributed by atoms with E-state index in [-0.39, 0.29) is 24.0 Å². The molecule has 0 spiro atoms. The third kappa shape index (κ3) is 14.5. The molecule has 0 aromatic heterocycles. The van der Waals surface area contributed by atoms with Crippen molar-refractivity contribution in [2.45, 2.75) is 62.5 Å². The highest BCUT2D eigenvalue weighted by Crippen LogP contribution is 2.29. The Labute approximate surface area is 374 Å². The lowest BCUT2D eigenvalue weighted by molar-refractivity contribution is -0.142. The number of amides is 6. The number of aliphatic carboxylic acids is 2. The van der Waals surface area contributed by atoms with Crippen LogP contribution < -0.4 is 42.2 Å². The molecule has 2 aliphatic heterocycles. The Morgan fingerprint density at radius 3 is 1.39 bits per heavy atom. The zero-order valence-corrected chi connectivity index (χ0v) is 35.9. The number of carboxylic acids is 2. The summed E-state index contributed by atoms with van der Waals surface area (Å²) in [5.41, 5.74) is 14.0. The molecule has 0 radical (unpaired) electrons. The normalized spacial score (nSPS) is 16.9. The fourth-order valence-corrected chi connectivity index (χ4v) is 7.32. The third-order valence-corrected chi connectivity index (χ3v) is 11.0. The van der Waals surface area contributed by atoms with Crippen molar-refractivity contribution in [2.75, 3.05) is 0 Å². The Kier molecular flexibility index (Phi) is 16.8. The minimum Gasteiger partial charge on any atom is -0.480 e. The van der Waals surface area contributed by atoms with Crippen LogP contribution in [0.2, 0.25) is 0 Å². The first-order valence-corrected chi connectivity index (χ1v) is 21.2. The number of thioether (sulfide) groups is 2. The summed E-state index contributed by atoms with van der Waals surface area (Å²) >= 11 is 1.84. The van der Waals surface area contributed by atoms with Crippen LogP contribution in [0.4, 0.5) is 9.59 Å². The second-order valence-corrected chi connectivity index (χ2v) is 16.6. The van der Waals surface area contributed by atoms with Crippen LogP contribution in [-0.4, -0.2) is 85.7 Å². The van der Waals surface area contributed by atoms with Crippen LogP contribution in [-0.2, 0) is 48.0 Å². The molecule has 2 saturated heterocycles. The Bertz CT molecular complexity index is 2410. The SMILES string of the molecule is CC(N)C(=O)NC(Cc1ccc(Oc2ccc(C=C3SC(=O)NC3=O)cc2)cc1)C(=O)O.CC(N)C(=O)NC(Cc1ccc(Oc2ccc(CC3SC(=O)NC3=O)cc2)cc1)C(=O)O. The third-order valence-electron chi connectivity index (χ3n) is 9.19. The fraction of sp³-hybridized carbons (Fsp3) is 0.227. The van der Waals surface area contributed by atoms with E-state index >= 15 is 0 Å². The van der Waals surface area contributed by atoms with Gasteiger partial charge in [-0.1, -0.05) is 60.3 Å². The quantitative estimate of drug-likeness (QED) is 0.0692. The molecule has 5 atom stereocenters. The summed E-state index contributed by atoms with van der Waals surface area (Å²) in [6.07, 6.45) is 2.28. The van der Waals surface area contributed by atoms with E-state index in [1.807, 2.05) is 12.1 Å². The topological polar surface area (TPSA) is 296 Å². The predicted octanol–water partition coefficient (Wildman–Crippen LogP) is 4.09. The first-order valence-electron chi connectivity index (χ1n) is 19.5. The van der Waals surface area contributed by atoms with E-state index in [1.165, 1.54) is 13.8 Å². The summed E-state index contributed by atoms with van der Waals surface area (Å²) in [7, 11) is 0. The second-order valence-electron chi connectivity index (χ2n) is 14.4. The van der Waals surface area contributed by atoms with E-state index in [9.17, 15) is 48.6 Å². The second kappa shape index (κ2) is 22.4. The fourth-order valence-electron chi connectivity index (χ4n) is 5.78. The number of imide groups is 2. The van der Waals surface area contributed by atoms with E-state index in [0.717, 1.165) is 34.7 Å². The molecule has 10 N–H and O–H groups in total. The maximum atomic E-state index is 11.7. The number of nitrogens with one attached hydrogen (secondary N) is 4. The Morgan fingerprint density at radius 1 is 0.641 bits per heavy atom. The number of nitrogens with two attached hydrogens (primary N) is 2. The average molecular weight is 913 g/mol. The van der Waals surface area contributed by atoms with Crippen molar-refractivity contribution in [3.63, 3.8) is 0 Å². The zero-order chi connectivity index (χ0) is 46.5. The van der Waals surface area contributed by atoms with Crippen molar-refractivity contribution < 1.29 is 58.0 Å². The van der Waals surface area contributed by atoms with E-state index in [4.69, 9.17) is 20.9 Å². The van der Waals surface area contributed by atoms with Gasteiger partial charge in [-0.3, -0.25) is 39.4 Å². The van der Waals surface area contributed by atoms with Gasteiger partial charge in [0.25, 0.3) is 16.4 Å². The molecular formula is C44H44N6O12S2. The highest BCUT2D eigenvalue weighted by Gasteiger charge is 2.31. The van der Waals surface area contributed by atoms with Gasteiger partial charge in [-0.2, -0.15) is 0 Å². The zero-order valence-electron chi connectivity index (χ0n) is 34.3. The first kappa shape index (κ1) is 48.0. The lowest BCUT2D eigenvalue weighted by atomic mass is 10.1. The van der Waals surface area contributed by atoms with Crippen molar-refractivity contribution in [3.05, 3.63) is 124 Å². The Balaban J connectivity index is 0.000000241. The van der Waals surface area contributed by atoms with Crippen molar-refractivity contribution in [1.82, 2.24) is 21.3 Å². The molecule has 2 aliphatic rings. The number of hydrogen-bond donors (Lipinski definition) is 8. The number of ether oxygens (including phenoxy) is 2. The highest BCUT2D eigenvalue weighted by atomic mass is 32.2. The van der Waals surface area contributed by atoms with E-state index < -0.39 is 64.3 Å². The van der Waals surface area contributed by atoms with Crippen LogP contribution in [0.15, 0.2) is 102 Å². The van der Waals surface area contributed by atoms with Gasteiger partial charge < -0.3 is 41.8 Å². The summed E-state index contributed by atoms with van der Waals surface area (Å²) in [4.78, 5) is 92.3. The molecule has 5 unspecified atom stereocenters. The van der Waals surface area contributed by atoms with Crippen LogP contribution in [0.25, 0.3) is 6.08 Å². The summed E-state index contributed by atoms with van der Waals surface area (Å²) in [6, 6.07) is 24.1. The predicted molar refractivity (Wildman–Crippen MR) is 237 cm³/mol. The van der Waals surface area contributed by atoms with Crippen LogP contribution in [0.1, 0.15) is 36.1 Å². The van der Waals surface area contributed by atoms with E-state index in [1.54, 1.807) is 91.0 Å². The summed E-state index contributed by atoms with van der Waals surface area (Å²) in [5.74, 6) is -1.78. The largest absolute Gasteiger partial charge is 0.480 e. The van der Waals surface area contributed by atoms with Crippen LogP contribution in [0.3, 0.4) is 0 Å². The molecule has 6 rings (SSSR count). The minimum atomic E-state index is -1.15. The smallest absolute Gasteiger partial charge is 0.326 e. The molecule has 2 heterocycles. The van der Waals surface area contributed by atoms with Crippen molar-refractivity contribution >= 4 is 75.6 Å². The maximum absolute atomic E-state index is 11.7. The summed E-state index contributed by atoms with van der Waals surface area (Å²) in [6.45, 7) is 2.97. The van der Waals surface area contributed by atoms with Crippen LogP contribution in [0, 0.1) is 0 Å². The highest BCUT2D eigenvalue weighted by molar-refractivity contribution is 8.18. The molecule has 4 aromatic carbocycles. The van der Waals surface area contributed by atoms with Gasteiger partial charge in [-0.05, 0) is 109 Å². The van der Waals surface area contributed by atoms with E-state index in [2.05, 4.69) is 21.3 Å². The number of hydrogen-bond acceptors (Lipinski definition) is 14. The molecule has 334 valence electrons. The van der Waals surface area contributed by atoms with Gasteiger partial charge in [0.2, 0.25) is 17.7 Å². The van der Waals surface area contributed by atoms with Crippen molar-refractivity contribution in [2.24, 2.45) is 11.5 Å². The summed E-state index contributed by atoms with van der Waals surface area (Å²) < 4.78 is 11.6. The monoisotopic (exact) mass is 912 g/mol. The van der Waals surface area contributed by atoms with Crippen molar-refractivity contribution in [3.8, 4) is 23.0 Å². The van der Waals surface area contributed by atoms with Gasteiger partial charge in [0.05, 0.1) is 22.2 Å². The number of rotatable bonds is 17. The van der Waals surface area contributed by atoms with Gasteiger partial charge in [0.1, 0.15) is 35.1 Å². The van der Waals surface area contributed by atoms with Gasteiger partial charge in [0, 0.05) is 12.8 Å². The molecule has 64 heavy (non-hydrogen) atoms. The minimum absolute atomic E-state index is 0.103. The molecule has 0 saturated carbocycles. The lowest BCUT2D eigenvalue weighted by Gasteiger charge is -2.16. The molecule has 2 fully saturated rings. The number of carbonyl (C=O) groups is 8. The molecule has 20 heteroatoms. The number of benzene rings is 4. The lowest BCUT2D eigenvalue weighted by Crippen LogP contribution is -2.48. The number of carbonyl (C=O) groups excluding carboxylic acids is 6. The Hall–Kier alpha value is -7.00. The molecule has 18 nitrogen and oxygen atoms in total. The molecule has 0 aliphatic carbocycles. The first-order chi connectivity index (χ1) is 30.4.